The van der Waals surface area contributed by atoms with Crippen molar-refractivity contribution in [3.8, 4) is 0 Å². The van der Waals surface area contributed by atoms with E-state index in [0.29, 0.717) is 66.7 Å². The molecule has 3 aromatic rings. The molecule has 0 aliphatic carbocycles. The van der Waals surface area contributed by atoms with Crippen LogP contribution in [0.3, 0.4) is 0 Å². The van der Waals surface area contributed by atoms with Crippen LogP contribution in [-0.2, 0) is 5.41 Å². The maximum atomic E-state index is 13.4. The first-order valence-corrected chi connectivity index (χ1v) is 14.8. The van der Waals surface area contributed by atoms with E-state index in [-0.39, 0.29) is 23.1 Å². The fraction of sp³-hybridized carbons (Fsp3) is 0.364. The molecule has 220 valence electrons. The van der Waals surface area contributed by atoms with Crippen LogP contribution in [-0.4, -0.2) is 79.9 Å². The highest BCUT2D eigenvalue weighted by Crippen LogP contribution is 2.30. The van der Waals surface area contributed by atoms with Crippen LogP contribution in [0.4, 0.5) is 11.4 Å². The van der Waals surface area contributed by atoms with Crippen molar-refractivity contribution in [1.29, 1.82) is 0 Å². The minimum atomic E-state index is -0.238. The zero-order chi connectivity index (χ0) is 29.9. The van der Waals surface area contributed by atoms with Gasteiger partial charge in [-0.25, -0.2) is 0 Å². The van der Waals surface area contributed by atoms with E-state index >= 15 is 0 Å². The van der Waals surface area contributed by atoms with Gasteiger partial charge in [-0.15, -0.1) is 0 Å². The summed E-state index contributed by atoms with van der Waals surface area (Å²) in [4.78, 5) is 45.6. The van der Waals surface area contributed by atoms with Crippen LogP contribution in [0.1, 0.15) is 57.4 Å². The predicted octanol–water partition coefficient (Wildman–Crippen LogP) is 4.90. The summed E-state index contributed by atoms with van der Waals surface area (Å²) in [6, 6.07) is 20.2. The Morgan fingerprint density at radius 3 is 1.95 bits per heavy atom. The van der Waals surface area contributed by atoms with Crippen LogP contribution in [0.5, 0.6) is 0 Å². The maximum absolute atomic E-state index is 13.4. The van der Waals surface area contributed by atoms with E-state index in [4.69, 9.17) is 11.6 Å². The number of carbonyl (C=O) groups excluding carboxylic acids is 3. The van der Waals surface area contributed by atoms with E-state index in [1.807, 2.05) is 46.2 Å². The molecule has 0 spiro atoms. The molecule has 2 heterocycles. The summed E-state index contributed by atoms with van der Waals surface area (Å²) < 4.78 is 0. The summed E-state index contributed by atoms with van der Waals surface area (Å²) >= 11 is 6.10. The number of hydrogen-bond acceptors (Lipinski definition) is 5. The smallest absolute Gasteiger partial charge is 0.255 e. The SMILES string of the molecule is CC(C)(C)c1ccc(C(=O)Nc2cc(C(=O)N3CCNCC3)ccc2N2CCN(C(=O)c3cccc(Cl)c3)CC2)cc1. The number of halogens is 1. The van der Waals surface area contributed by atoms with E-state index in [2.05, 4.69) is 36.3 Å². The third kappa shape index (κ3) is 6.77. The van der Waals surface area contributed by atoms with Crippen LogP contribution in [0, 0.1) is 0 Å². The molecule has 3 aromatic carbocycles. The first kappa shape index (κ1) is 29.6. The quantitative estimate of drug-likeness (QED) is 0.444. The minimum absolute atomic E-state index is 0.0167. The molecule has 9 heteroatoms. The Morgan fingerprint density at radius 2 is 1.33 bits per heavy atom. The third-order valence-corrected chi connectivity index (χ3v) is 8.12. The van der Waals surface area contributed by atoms with Gasteiger partial charge < -0.3 is 25.3 Å². The lowest BCUT2D eigenvalue weighted by Gasteiger charge is -2.37. The lowest BCUT2D eigenvalue weighted by Crippen LogP contribution is -2.49. The second-order valence-corrected chi connectivity index (χ2v) is 12.3. The van der Waals surface area contributed by atoms with Gasteiger partial charge in [-0.05, 0) is 59.5 Å². The number of piperazine rings is 2. The number of nitrogens with one attached hydrogen (secondary N) is 2. The number of nitrogens with zero attached hydrogens (tertiary/aromatic N) is 3. The van der Waals surface area contributed by atoms with E-state index in [0.717, 1.165) is 24.3 Å². The van der Waals surface area contributed by atoms with Gasteiger partial charge in [-0.1, -0.05) is 50.6 Å². The Balaban J connectivity index is 1.37. The average molecular weight is 588 g/mol. The number of anilines is 2. The molecule has 2 aliphatic rings. The number of hydrogen-bond donors (Lipinski definition) is 2. The van der Waals surface area contributed by atoms with Gasteiger partial charge in [-0.2, -0.15) is 0 Å². The average Bonchev–Trinajstić information content (AvgIpc) is 3.00. The number of amides is 3. The van der Waals surface area contributed by atoms with E-state index in [9.17, 15) is 14.4 Å². The molecular weight excluding hydrogens is 550 g/mol. The zero-order valence-electron chi connectivity index (χ0n) is 24.5. The predicted molar refractivity (Wildman–Crippen MR) is 168 cm³/mol. The van der Waals surface area contributed by atoms with Crippen molar-refractivity contribution in [2.24, 2.45) is 0 Å². The van der Waals surface area contributed by atoms with Crippen molar-refractivity contribution in [3.05, 3.63) is 94.0 Å². The third-order valence-electron chi connectivity index (χ3n) is 7.89. The van der Waals surface area contributed by atoms with Gasteiger partial charge in [0.05, 0.1) is 11.4 Å². The van der Waals surface area contributed by atoms with Crippen molar-refractivity contribution in [3.63, 3.8) is 0 Å². The summed E-state index contributed by atoms with van der Waals surface area (Å²) in [6.45, 7) is 11.4. The molecule has 2 N–H and O–H groups in total. The number of carbonyl (C=O) groups is 3. The van der Waals surface area contributed by atoms with Crippen molar-refractivity contribution in [2.75, 3.05) is 62.6 Å². The lowest BCUT2D eigenvalue weighted by molar-refractivity contribution is 0.0731. The summed E-state index contributed by atoms with van der Waals surface area (Å²) in [5.41, 5.74) is 4.18. The van der Waals surface area contributed by atoms with Gasteiger partial charge in [0.15, 0.2) is 0 Å². The maximum Gasteiger partial charge on any atom is 0.255 e. The first-order chi connectivity index (χ1) is 20.1. The molecule has 0 bridgehead atoms. The van der Waals surface area contributed by atoms with Crippen LogP contribution in [0.25, 0.3) is 0 Å². The normalized spacial score (nSPS) is 15.9. The Labute approximate surface area is 252 Å². The van der Waals surface area contributed by atoms with Crippen molar-refractivity contribution in [2.45, 2.75) is 26.2 Å². The zero-order valence-corrected chi connectivity index (χ0v) is 25.2. The topological polar surface area (TPSA) is 85.0 Å². The molecule has 5 rings (SSSR count). The molecule has 42 heavy (non-hydrogen) atoms. The van der Waals surface area contributed by atoms with Crippen molar-refractivity contribution < 1.29 is 14.4 Å². The Bertz CT molecular complexity index is 1450. The highest BCUT2D eigenvalue weighted by molar-refractivity contribution is 6.31. The van der Waals surface area contributed by atoms with E-state index in [1.165, 1.54) is 0 Å². The Morgan fingerprint density at radius 1 is 0.738 bits per heavy atom. The second kappa shape index (κ2) is 12.5. The van der Waals surface area contributed by atoms with E-state index < -0.39 is 0 Å². The molecule has 2 fully saturated rings. The van der Waals surface area contributed by atoms with Gasteiger partial charge >= 0.3 is 0 Å². The molecule has 2 aliphatic heterocycles. The fourth-order valence-corrected chi connectivity index (χ4v) is 5.56. The van der Waals surface area contributed by atoms with Gasteiger partial charge in [0, 0.05) is 74.1 Å². The Kier molecular flexibility index (Phi) is 8.85. The second-order valence-electron chi connectivity index (χ2n) is 11.8. The van der Waals surface area contributed by atoms with Gasteiger partial charge in [0.2, 0.25) is 0 Å². The van der Waals surface area contributed by atoms with Crippen LogP contribution < -0.4 is 15.5 Å². The highest BCUT2D eigenvalue weighted by Gasteiger charge is 2.26. The molecule has 0 atom stereocenters. The van der Waals surface area contributed by atoms with Crippen LogP contribution in [0.2, 0.25) is 5.02 Å². The molecule has 8 nitrogen and oxygen atoms in total. The number of rotatable bonds is 5. The molecule has 0 unspecified atom stereocenters. The van der Waals surface area contributed by atoms with Crippen molar-refractivity contribution in [1.82, 2.24) is 15.1 Å². The molecule has 0 aromatic heterocycles. The van der Waals surface area contributed by atoms with E-state index in [1.54, 1.807) is 30.3 Å². The lowest BCUT2D eigenvalue weighted by atomic mass is 9.86. The molecule has 0 saturated carbocycles. The van der Waals surface area contributed by atoms with Gasteiger partial charge in [-0.3, -0.25) is 14.4 Å². The Hall–Kier alpha value is -3.88. The fourth-order valence-electron chi connectivity index (χ4n) is 5.37. The minimum Gasteiger partial charge on any atom is -0.366 e. The first-order valence-electron chi connectivity index (χ1n) is 14.5. The molecule has 0 radical (unpaired) electrons. The van der Waals surface area contributed by atoms with Crippen LogP contribution in [0.15, 0.2) is 66.7 Å². The largest absolute Gasteiger partial charge is 0.366 e. The number of benzene rings is 3. The summed E-state index contributed by atoms with van der Waals surface area (Å²) in [6.07, 6.45) is 0. The molecule has 3 amide bonds. The van der Waals surface area contributed by atoms with Crippen molar-refractivity contribution >= 4 is 40.7 Å². The summed E-state index contributed by atoms with van der Waals surface area (Å²) in [5, 5.41) is 6.89. The summed E-state index contributed by atoms with van der Waals surface area (Å²) in [5.74, 6) is -0.343. The molecular formula is C33H38ClN5O3. The summed E-state index contributed by atoms with van der Waals surface area (Å²) in [7, 11) is 0. The van der Waals surface area contributed by atoms with Crippen LogP contribution >= 0.6 is 11.6 Å². The van der Waals surface area contributed by atoms with Gasteiger partial charge in [0.25, 0.3) is 17.7 Å². The highest BCUT2D eigenvalue weighted by atomic mass is 35.5. The molecule has 2 saturated heterocycles. The standard InChI is InChI=1S/C33H38ClN5O3/c1-33(2,3)26-10-7-23(8-11-26)30(40)36-28-22-25(32(42)38-15-13-35-14-16-38)9-12-29(28)37-17-19-39(20-18-37)31(41)24-5-4-6-27(34)21-24/h4-12,21-22,35H,13-20H2,1-3H3,(H,36,40). The monoisotopic (exact) mass is 587 g/mol. The van der Waals surface area contributed by atoms with Gasteiger partial charge in [0.1, 0.15) is 0 Å².